The topological polar surface area (TPSA) is 50.2 Å². The van der Waals surface area contributed by atoms with E-state index in [9.17, 15) is 18.0 Å². The molecule has 1 aromatic carbocycles. The van der Waals surface area contributed by atoms with Gasteiger partial charge in [0.05, 0.1) is 17.5 Å². The number of fused-ring (bicyclic) bond motifs is 1. The highest BCUT2D eigenvalue weighted by Crippen LogP contribution is 2.36. The van der Waals surface area contributed by atoms with Crippen molar-refractivity contribution in [1.29, 1.82) is 0 Å². The van der Waals surface area contributed by atoms with E-state index in [4.69, 9.17) is 5.11 Å². The predicted octanol–water partition coefficient (Wildman–Crippen LogP) is 3.19. The van der Waals surface area contributed by atoms with Crippen molar-refractivity contribution in [2.75, 3.05) is 0 Å². The summed E-state index contributed by atoms with van der Waals surface area (Å²) in [4.78, 5) is 14.8. The van der Waals surface area contributed by atoms with Crippen LogP contribution < -0.4 is 0 Å². The van der Waals surface area contributed by atoms with Gasteiger partial charge < -0.3 is 5.11 Å². The predicted molar refractivity (Wildman–Crippen MR) is 62.8 cm³/mol. The molecule has 0 fully saturated rings. The van der Waals surface area contributed by atoms with Crippen molar-refractivity contribution >= 4 is 16.9 Å². The number of aromatic nitrogens is 1. The SMILES string of the molecule is Cc1cc(CC(=O)O)c2c(C(F)(F)F)cccc2n1. The summed E-state index contributed by atoms with van der Waals surface area (Å²) in [6.07, 6.45) is -5.00. The van der Waals surface area contributed by atoms with Gasteiger partial charge in [-0.1, -0.05) is 6.07 Å². The third kappa shape index (κ3) is 2.67. The molecule has 2 rings (SSSR count). The number of aryl methyl sites for hydroxylation is 1. The molecule has 0 spiro atoms. The quantitative estimate of drug-likeness (QED) is 0.910. The molecular weight excluding hydrogens is 259 g/mol. The number of pyridine rings is 1. The van der Waals surface area contributed by atoms with Crippen molar-refractivity contribution in [1.82, 2.24) is 4.98 Å². The summed E-state index contributed by atoms with van der Waals surface area (Å²) in [6, 6.07) is 5.03. The van der Waals surface area contributed by atoms with Gasteiger partial charge in [0.2, 0.25) is 0 Å². The van der Waals surface area contributed by atoms with Gasteiger partial charge in [0.15, 0.2) is 0 Å². The van der Waals surface area contributed by atoms with Crippen LogP contribution in [0.2, 0.25) is 0 Å². The van der Waals surface area contributed by atoms with Crippen molar-refractivity contribution in [3.05, 3.63) is 41.1 Å². The summed E-state index contributed by atoms with van der Waals surface area (Å²) in [6.45, 7) is 1.62. The van der Waals surface area contributed by atoms with Gasteiger partial charge in [-0.15, -0.1) is 0 Å². The smallest absolute Gasteiger partial charge is 0.417 e. The monoisotopic (exact) mass is 269 g/mol. The van der Waals surface area contributed by atoms with Crippen LogP contribution in [0.5, 0.6) is 0 Å². The standard InChI is InChI=1S/C13H10F3NO2/c1-7-5-8(6-11(18)19)12-9(13(14,15)16)3-2-4-10(12)17-7/h2-5H,6H2,1H3,(H,18,19). The number of alkyl halides is 3. The van der Waals surface area contributed by atoms with Crippen LogP contribution in [0.25, 0.3) is 10.9 Å². The molecule has 0 radical (unpaired) electrons. The lowest BCUT2D eigenvalue weighted by Gasteiger charge is -2.13. The number of hydrogen-bond donors (Lipinski definition) is 1. The zero-order valence-electron chi connectivity index (χ0n) is 9.95. The minimum Gasteiger partial charge on any atom is -0.481 e. The highest BCUT2D eigenvalue weighted by atomic mass is 19.4. The van der Waals surface area contributed by atoms with Crippen molar-refractivity contribution in [3.8, 4) is 0 Å². The fourth-order valence-corrected chi connectivity index (χ4v) is 2.06. The fraction of sp³-hybridized carbons (Fsp3) is 0.231. The van der Waals surface area contributed by atoms with Crippen LogP contribution in [0.1, 0.15) is 16.8 Å². The Morgan fingerprint density at radius 2 is 2.05 bits per heavy atom. The van der Waals surface area contributed by atoms with Gasteiger partial charge in [-0.25, -0.2) is 0 Å². The Kier molecular flexibility index (Phi) is 3.18. The Bertz CT molecular complexity index is 650. The number of carboxylic acid groups (broad SMARTS) is 1. The maximum Gasteiger partial charge on any atom is 0.417 e. The van der Waals surface area contributed by atoms with Crippen molar-refractivity contribution in [3.63, 3.8) is 0 Å². The summed E-state index contributed by atoms with van der Waals surface area (Å²) in [5.41, 5.74) is -0.0779. The molecule has 0 saturated heterocycles. The molecule has 0 aliphatic heterocycles. The summed E-state index contributed by atoms with van der Waals surface area (Å²) >= 11 is 0. The largest absolute Gasteiger partial charge is 0.481 e. The number of benzene rings is 1. The maximum absolute atomic E-state index is 13.0. The normalized spacial score (nSPS) is 11.8. The van der Waals surface area contributed by atoms with Crippen molar-refractivity contribution in [2.45, 2.75) is 19.5 Å². The molecule has 0 bridgehead atoms. The molecule has 1 aromatic heterocycles. The highest BCUT2D eigenvalue weighted by molar-refractivity contribution is 5.89. The van der Waals surface area contributed by atoms with Gasteiger partial charge in [-0.05, 0) is 30.7 Å². The first kappa shape index (κ1) is 13.3. The molecule has 1 heterocycles. The molecule has 2 aromatic rings. The van der Waals surface area contributed by atoms with Crippen LogP contribution in [0.4, 0.5) is 13.2 Å². The molecule has 0 unspecified atom stereocenters. The first-order valence-electron chi connectivity index (χ1n) is 5.47. The first-order chi connectivity index (χ1) is 8.79. The van der Waals surface area contributed by atoms with Crippen molar-refractivity contribution in [2.24, 2.45) is 0 Å². The second kappa shape index (κ2) is 4.53. The zero-order chi connectivity index (χ0) is 14.2. The van der Waals surface area contributed by atoms with Gasteiger partial charge in [0.1, 0.15) is 0 Å². The number of carboxylic acids is 1. The molecule has 19 heavy (non-hydrogen) atoms. The number of nitrogens with zero attached hydrogens (tertiary/aromatic N) is 1. The minimum absolute atomic E-state index is 0.128. The summed E-state index contributed by atoms with van der Waals surface area (Å²) in [5, 5.41) is 8.67. The van der Waals surface area contributed by atoms with E-state index < -0.39 is 24.1 Å². The Balaban J connectivity index is 2.82. The summed E-state index contributed by atoms with van der Waals surface area (Å²) in [7, 11) is 0. The highest BCUT2D eigenvalue weighted by Gasteiger charge is 2.33. The van der Waals surface area contributed by atoms with Gasteiger partial charge in [0.25, 0.3) is 0 Å². The molecule has 100 valence electrons. The molecule has 0 atom stereocenters. The lowest BCUT2D eigenvalue weighted by atomic mass is 9.99. The molecule has 1 N–H and O–H groups in total. The molecular formula is C13H10F3NO2. The van der Waals surface area contributed by atoms with Crippen molar-refractivity contribution < 1.29 is 23.1 Å². The zero-order valence-corrected chi connectivity index (χ0v) is 9.95. The second-order valence-corrected chi connectivity index (χ2v) is 4.19. The van der Waals surface area contributed by atoms with Crippen LogP contribution >= 0.6 is 0 Å². The van der Waals surface area contributed by atoms with Gasteiger partial charge in [0, 0.05) is 11.1 Å². The van der Waals surface area contributed by atoms with Gasteiger partial charge >= 0.3 is 12.1 Å². The Morgan fingerprint density at radius 3 is 2.63 bits per heavy atom. The Morgan fingerprint density at radius 1 is 1.37 bits per heavy atom. The van der Waals surface area contributed by atoms with Crippen LogP contribution in [0.15, 0.2) is 24.3 Å². The first-order valence-corrected chi connectivity index (χ1v) is 5.47. The Hall–Kier alpha value is -2.11. The molecule has 0 aliphatic rings. The van der Waals surface area contributed by atoms with Crippen LogP contribution in [0, 0.1) is 6.92 Å². The molecule has 0 aliphatic carbocycles. The van der Waals surface area contributed by atoms with E-state index in [1.165, 1.54) is 18.2 Å². The lowest BCUT2D eigenvalue weighted by molar-refractivity contribution is -0.137. The van der Waals surface area contributed by atoms with E-state index >= 15 is 0 Å². The summed E-state index contributed by atoms with van der Waals surface area (Å²) in [5.74, 6) is -1.18. The number of halogens is 3. The van der Waals surface area contributed by atoms with Gasteiger partial charge in [-0.2, -0.15) is 13.2 Å². The molecule has 3 nitrogen and oxygen atoms in total. The van der Waals surface area contributed by atoms with E-state index in [0.29, 0.717) is 5.69 Å². The van der Waals surface area contributed by atoms with E-state index in [1.54, 1.807) is 6.92 Å². The van der Waals surface area contributed by atoms with Gasteiger partial charge in [-0.3, -0.25) is 9.78 Å². The average molecular weight is 269 g/mol. The molecule has 0 amide bonds. The third-order valence-corrected chi connectivity index (χ3v) is 2.69. The van der Waals surface area contributed by atoms with E-state index in [2.05, 4.69) is 4.98 Å². The third-order valence-electron chi connectivity index (χ3n) is 2.69. The average Bonchev–Trinajstić information content (AvgIpc) is 2.25. The molecule has 0 saturated carbocycles. The minimum atomic E-state index is -4.54. The number of rotatable bonds is 2. The second-order valence-electron chi connectivity index (χ2n) is 4.19. The van der Waals surface area contributed by atoms with E-state index in [-0.39, 0.29) is 16.5 Å². The van der Waals surface area contributed by atoms with Crippen LogP contribution in [0.3, 0.4) is 0 Å². The Labute approximate surface area is 106 Å². The lowest BCUT2D eigenvalue weighted by Crippen LogP contribution is -2.09. The van der Waals surface area contributed by atoms with E-state index in [1.807, 2.05) is 0 Å². The number of aliphatic carboxylic acids is 1. The maximum atomic E-state index is 13.0. The van der Waals surface area contributed by atoms with Crippen LogP contribution in [-0.4, -0.2) is 16.1 Å². The summed E-state index contributed by atoms with van der Waals surface area (Å²) < 4.78 is 38.9. The fourth-order valence-electron chi connectivity index (χ4n) is 2.06. The van der Waals surface area contributed by atoms with Crippen LogP contribution in [-0.2, 0) is 17.4 Å². The number of carbonyl (C=O) groups is 1. The van der Waals surface area contributed by atoms with E-state index in [0.717, 1.165) is 6.07 Å². The molecule has 6 heteroatoms. The number of hydrogen-bond acceptors (Lipinski definition) is 2.